The number of imidazole rings is 1. The normalized spacial score (nSPS) is 19.1. The van der Waals surface area contributed by atoms with Crippen LogP contribution in [0.1, 0.15) is 42.6 Å². The van der Waals surface area contributed by atoms with E-state index in [0.29, 0.717) is 41.4 Å². The Balaban J connectivity index is 1.48. The van der Waals surface area contributed by atoms with Gasteiger partial charge < -0.3 is 10.1 Å². The minimum absolute atomic E-state index is 0.164. The molecule has 158 valence electrons. The number of rotatable bonds is 4. The van der Waals surface area contributed by atoms with Gasteiger partial charge in [0, 0.05) is 36.7 Å². The first-order valence-corrected chi connectivity index (χ1v) is 10.2. The largest absolute Gasteiger partial charge is 0.496 e. The second-order valence-electron chi connectivity index (χ2n) is 7.94. The van der Waals surface area contributed by atoms with Crippen LogP contribution in [0.4, 0.5) is 5.82 Å². The number of nitrogens with zero attached hydrogens (tertiary/aromatic N) is 5. The zero-order valence-electron chi connectivity index (χ0n) is 17.3. The summed E-state index contributed by atoms with van der Waals surface area (Å²) in [6.07, 6.45) is 7.07. The van der Waals surface area contributed by atoms with E-state index in [9.17, 15) is 9.59 Å². The topological polar surface area (TPSA) is 103 Å². The molecule has 9 nitrogen and oxygen atoms in total. The molecule has 0 saturated heterocycles. The molecule has 0 radical (unpaired) electrons. The Hall–Kier alpha value is -3.75. The van der Waals surface area contributed by atoms with Crippen LogP contribution in [0.15, 0.2) is 42.9 Å². The van der Waals surface area contributed by atoms with Crippen molar-refractivity contribution in [2.45, 2.75) is 32.2 Å². The number of fused-ring (bicyclic) bond motifs is 2. The number of carbonyl (C=O) groups excluding carboxylic acids is 2. The van der Waals surface area contributed by atoms with Crippen LogP contribution in [-0.4, -0.2) is 43.2 Å². The van der Waals surface area contributed by atoms with Crippen LogP contribution in [0.25, 0.3) is 16.6 Å². The molecule has 0 bridgehead atoms. The van der Waals surface area contributed by atoms with E-state index < -0.39 is 0 Å². The Morgan fingerprint density at radius 3 is 3.00 bits per heavy atom. The zero-order chi connectivity index (χ0) is 21.5. The Labute approximate surface area is 178 Å². The molecule has 0 unspecified atom stereocenters. The maximum absolute atomic E-state index is 13.1. The lowest BCUT2D eigenvalue weighted by Crippen LogP contribution is -2.26. The van der Waals surface area contributed by atoms with E-state index in [2.05, 4.69) is 22.3 Å². The molecule has 0 spiro atoms. The predicted octanol–water partition coefficient (Wildman–Crippen LogP) is 3.27. The molecular weight excluding hydrogens is 396 g/mol. The van der Waals surface area contributed by atoms with Crippen molar-refractivity contribution in [3.8, 4) is 5.75 Å². The molecule has 1 N–H and O–H groups in total. The molecule has 2 atom stereocenters. The van der Waals surface area contributed by atoms with Crippen molar-refractivity contribution in [2.75, 3.05) is 12.4 Å². The quantitative estimate of drug-likeness (QED) is 0.546. The average molecular weight is 418 g/mol. The third kappa shape index (κ3) is 3.41. The van der Waals surface area contributed by atoms with Crippen LogP contribution in [0.2, 0.25) is 0 Å². The number of ether oxygens (including phenoxy) is 1. The van der Waals surface area contributed by atoms with Crippen LogP contribution in [0, 0.1) is 5.92 Å². The summed E-state index contributed by atoms with van der Waals surface area (Å²) in [5.74, 6) is 1.12. The number of amides is 1. The minimum Gasteiger partial charge on any atom is -0.496 e. The molecule has 5 rings (SSSR count). The number of anilines is 1. The standard InChI is InChI=1S/C22H22N6O3/c1-13-8-15(29)5-6-18(13)27-12-14-9-16(19(31-2)10-17(14)26-27)22(30)25-21-11-23-20-4-3-7-24-28(20)21/h3-4,7,9-13,18H,5-6,8H2,1-2H3,(H,25,30)/t13-,18-/m0/s1. The second kappa shape index (κ2) is 7.50. The van der Waals surface area contributed by atoms with Gasteiger partial charge in [0.05, 0.1) is 30.4 Å². The van der Waals surface area contributed by atoms with E-state index in [1.165, 1.54) is 7.11 Å². The first kappa shape index (κ1) is 19.2. The summed E-state index contributed by atoms with van der Waals surface area (Å²) in [4.78, 5) is 29.0. The number of nitrogens with one attached hydrogen (secondary N) is 1. The van der Waals surface area contributed by atoms with Crippen molar-refractivity contribution in [3.63, 3.8) is 0 Å². The van der Waals surface area contributed by atoms with Gasteiger partial charge in [0.2, 0.25) is 0 Å². The monoisotopic (exact) mass is 418 g/mol. The van der Waals surface area contributed by atoms with Gasteiger partial charge in [0.1, 0.15) is 11.5 Å². The first-order valence-electron chi connectivity index (χ1n) is 10.2. The molecule has 3 heterocycles. The minimum atomic E-state index is -0.324. The molecule has 1 aliphatic carbocycles. The van der Waals surface area contributed by atoms with Gasteiger partial charge in [-0.3, -0.25) is 14.3 Å². The molecule has 1 amide bonds. The molecule has 1 aromatic carbocycles. The molecule has 1 saturated carbocycles. The van der Waals surface area contributed by atoms with Gasteiger partial charge in [-0.2, -0.15) is 14.7 Å². The van der Waals surface area contributed by atoms with E-state index >= 15 is 0 Å². The van der Waals surface area contributed by atoms with Crippen molar-refractivity contribution in [3.05, 3.63) is 48.4 Å². The number of carbonyl (C=O) groups is 2. The summed E-state index contributed by atoms with van der Waals surface area (Å²) < 4.78 is 8.97. The number of Topliss-reactive ketones (excluding diaryl/α,β-unsaturated/α-hetero) is 1. The molecule has 3 aromatic heterocycles. The molecule has 9 heteroatoms. The van der Waals surface area contributed by atoms with Crippen LogP contribution in [0.5, 0.6) is 5.75 Å². The molecule has 31 heavy (non-hydrogen) atoms. The number of hydrogen-bond donors (Lipinski definition) is 1. The van der Waals surface area contributed by atoms with Gasteiger partial charge in [-0.15, -0.1) is 0 Å². The molecule has 1 aliphatic rings. The van der Waals surface area contributed by atoms with Gasteiger partial charge in [0.25, 0.3) is 5.91 Å². The lowest BCUT2D eigenvalue weighted by molar-refractivity contribution is -0.122. The summed E-state index contributed by atoms with van der Waals surface area (Å²) in [7, 11) is 1.53. The lowest BCUT2D eigenvalue weighted by Gasteiger charge is -2.28. The fraction of sp³-hybridized carbons (Fsp3) is 0.318. The Morgan fingerprint density at radius 1 is 1.32 bits per heavy atom. The highest BCUT2D eigenvalue weighted by molar-refractivity contribution is 6.08. The molecular formula is C22H22N6O3. The van der Waals surface area contributed by atoms with Gasteiger partial charge in [0.15, 0.2) is 11.5 Å². The smallest absolute Gasteiger partial charge is 0.260 e. The maximum Gasteiger partial charge on any atom is 0.260 e. The lowest BCUT2D eigenvalue weighted by atomic mass is 9.85. The molecule has 1 fully saturated rings. The summed E-state index contributed by atoms with van der Waals surface area (Å²) in [6.45, 7) is 2.08. The van der Waals surface area contributed by atoms with Crippen LogP contribution in [-0.2, 0) is 4.79 Å². The fourth-order valence-corrected chi connectivity index (χ4v) is 4.27. The van der Waals surface area contributed by atoms with E-state index in [1.807, 2.05) is 16.9 Å². The van der Waals surface area contributed by atoms with Crippen LogP contribution >= 0.6 is 0 Å². The highest BCUT2D eigenvalue weighted by Gasteiger charge is 2.28. The van der Waals surface area contributed by atoms with Crippen molar-refractivity contribution < 1.29 is 14.3 Å². The average Bonchev–Trinajstić information content (AvgIpc) is 3.36. The Morgan fingerprint density at radius 2 is 2.19 bits per heavy atom. The predicted molar refractivity (Wildman–Crippen MR) is 114 cm³/mol. The third-order valence-corrected chi connectivity index (χ3v) is 5.87. The van der Waals surface area contributed by atoms with Crippen LogP contribution < -0.4 is 10.1 Å². The van der Waals surface area contributed by atoms with Crippen molar-refractivity contribution >= 4 is 34.1 Å². The van der Waals surface area contributed by atoms with Gasteiger partial charge in [-0.25, -0.2) is 4.98 Å². The van der Waals surface area contributed by atoms with Crippen LogP contribution in [0.3, 0.4) is 0 Å². The van der Waals surface area contributed by atoms with Gasteiger partial charge in [-0.1, -0.05) is 6.92 Å². The second-order valence-corrected chi connectivity index (χ2v) is 7.94. The fourth-order valence-electron chi connectivity index (χ4n) is 4.27. The number of methoxy groups -OCH3 is 1. The van der Waals surface area contributed by atoms with E-state index in [-0.39, 0.29) is 17.9 Å². The maximum atomic E-state index is 13.1. The van der Waals surface area contributed by atoms with E-state index in [1.54, 1.807) is 35.1 Å². The third-order valence-electron chi connectivity index (χ3n) is 5.87. The SMILES string of the molecule is COc1cc2nn([C@H]3CCC(=O)C[C@@H]3C)cc2cc1C(=O)Nc1cnc2cccnn12. The number of benzene rings is 1. The van der Waals surface area contributed by atoms with Crippen molar-refractivity contribution in [2.24, 2.45) is 5.92 Å². The molecule has 4 aromatic rings. The summed E-state index contributed by atoms with van der Waals surface area (Å²) in [6, 6.07) is 7.31. The van der Waals surface area contributed by atoms with Gasteiger partial charge in [-0.05, 0) is 30.5 Å². The Kier molecular flexibility index (Phi) is 4.65. The summed E-state index contributed by atoms with van der Waals surface area (Å²) in [5.41, 5.74) is 1.78. The first-order chi connectivity index (χ1) is 15.0. The zero-order valence-corrected chi connectivity index (χ0v) is 17.3. The summed E-state index contributed by atoms with van der Waals surface area (Å²) >= 11 is 0. The Bertz CT molecular complexity index is 1310. The summed E-state index contributed by atoms with van der Waals surface area (Å²) in [5, 5.41) is 12.6. The van der Waals surface area contributed by atoms with Crippen molar-refractivity contribution in [1.82, 2.24) is 24.4 Å². The molecule has 0 aliphatic heterocycles. The van der Waals surface area contributed by atoms with Crippen molar-refractivity contribution in [1.29, 1.82) is 0 Å². The highest BCUT2D eigenvalue weighted by Crippen LogP contribution is 2.34. The highest BCUT2D eigenvalue weighted by atomic mass is 16.5. The van der Waals surface area contributed by atoms with E-state index in [4.69, 9.17) is 9.84 Å². The van der Waals surface area contributed by atoms with Gasteiger partial charge >= 0.3 is 0 Å². The number of aromatic nitrogens is 5. The van der Waals surface area contributed by atoms with E-state index in [0.717, 1.165) is 17.3 Å². The number of ketones is 1. The number of hydrogen-bond acceptors (Lipinski definition) is 6.